The van der Waals surface area contributed by atoms with E-state index in [1.807, 2.05) is 0 Å². The normalized spacial score (nSPS) is 3.70. The van der Waals surface area contributed by atoms with Crippen LogP contribution in [-0.4, -0.2) is 83.4 Å². The van der Waals surface area contributed by atoms with Crippen LogP contribution in [0.15, 0.2) is 0 Å². The van der Waals surface area contributed by atoms with Crippen molar-refractivity contribution in [2.45, 2.75) is 6.92 Å². The van der Waals surface area contributed by atoms with Crippen LogP contribution in [0.4, 0.5) is 0 Å². The van der Waals surface area contributed by atoms with E-state index in [0.29, 0.717) is 0 Å². The Hall–Kier alpha value is 1.97. The maximum atomic E-state index is 9.00. The van der Waals surface area contributed by atoms with Crippen LogP contribution in [0.3, 0.4) is 0 Å². The first-order chi connectivity index (χ1) is 3.15. The van der Waals surface area contributed by atoms with E-state index in [2.05, 4.69) is 0 Å². The van der Waals surface area contributed by atoms with Crippen molar-refractivity contribution < 1.29 is 56.5 Å². The third-order valence-electron chi connectivity index (χ3n) is 0. The number of hydrogen-bond donors (Lipinski definition) is 2. The molecule has 0 saturated heterocycles. The molecule has 0 aliphatic heterocycles. The summed E-state index contributed by atoms with van der Waals surface area (Å²) in [6, 6.07) is 0. The zero-order valence-electron chi connectivity index (χ0n) is 11.2. The summed E-state index contributed by atoms with van der Waals surface area (Å²) in [7, 11) is 0. The van der Waals surface area contributed by atoms with Crippen molar-refractivity contribution in [2.24, 2.45) is 0 Å². The molecule has 0 unspecified atom stereocenters. The number of carbonyl (C=O) groups is 2. The van der Waals surface area contributed by atoms with Gasteiger partial charge in [-0.05, 0) is 0 Å². The second kappa shape index (κ2) is 30.6. The molecule has 10 heavy (non-hydrogen) atoms. The standard InChI is InChI=1S/C2H4O2.CH2O2.Ca.Mg.Na.5H/c1-2(3)4;2-1-3;;;;;;;;/h1H3,(H,3,4);1H,(H,2,3);;;;;;;;/q;;2*+2;+1;5*-1. The quantitative estimate of drug-likeness (QED) is 0.314. The van der Waals surface area contributed by atoms with Crippen molar-refractivity contribution in [3.05, 3.63) is 0 Å². The van der Waals surface area contributed by atoms with E-state index in [1.54, 1.807) is 0 Å². The van der Waals surface area contributed by atoms with E-state index in [-0.39, 0.29) is 104 Å². The predicted octanol–water partition coefficient (Wildman–Crippen LogP) is -3.40. The van der Waals surface area contributed by atoms with Crippen LogP contribution >= 0.6 is 0 Å². The van der Waals surface area contributed by atoms with Crippen LogP contribution in [0, 0.1) is 0 Å². The fourth-order valence-electron chi connectivity index (χ4n) is 0. The molecule has 0 heterocycles. The maximum Gasteiger partial charge on any atom is 2.00 e. The molecular weight excluding hydrogens is 187 g/mol. The van der Waals surface area contributed by atoms with Crippen molar-refractivity contribution in [1.29, 1.82) is 0 Å². The Morgan fingerprint density at radius 2 is 1.60 bits per heavy atom. The first kappa shape index (κ1) is 29.7. The predicted molar refractivity (Wildman–Crippen MR) is 39.1 cm³/mol. The summed E-state index contributed by atoms with van der Waals surface area (Å²) in [4.78, 5) is 17.4. The molecule has 0 fully saturated rings. The number of hydrogen-bond acceptors (Lipinski definition) is 2. The molecule has 0 aliphatic carbocycles. The van der Waals surface area contributed by atoms with E-state index >= 15 is 0 Å². The van der Waals surface area contributed by atoms with Crippen LogP contribution in [0.25, 0.3) is 0 Å². The molecule has 0 aliphatic rings. The summed E-state index contributed by atoms with van der Waals surface area (Å²) in [6.45, 7) is 0.833. The third-order valence-corrected chi connectivity index (χ3v) is 0. The minimum Gasteiger partial charge on any atom is -1.00 e. The first-order valence-corrected chi connectivity index (χ1v) is 1.42. The average molecular weight is 198 g/mol. The molecule has 0 atom stereocenters. The molecule has 0 bridgehead atoms. The molecule has 0 radical (unpaired) electrons. The summed E-state index contributed by atoms with van der Waals surface area (Å²) in [5, 5.41) is 14.3. The zero-order chi connectivity index (χ0) is 6.28. The van der Waals surface area contributed by atoms with Crippen molar-refractivity contribution >= 4 is 73.2 Å². The second-order valence-corrected chi connectivity index (χ2v) is 0.624. The van der Waals surface area contributed by atoms with Crippen LogP contribution in [0.5, 0.6) is 0 Å². The molecule has 52 valence electrons. The number of carboxylic acid groups (broad SMARTS) is 2. The average Bonchev–Trinajstić information content (AvgIpc) is 1.33. The Morgan fingerprint density at radius 1 is 1.60 bits per heavy atom. The second-order valence-electron chi connectivity index (χ2n) is 0.624. The van der Waals surface area contributed by atoms with E-state index in [0.717, 1.165) is 6.92 Å². The molecule has 0 spiro atoms. The fourth-order valence-corrected chi connectivity index (χ4v) is 0. The Labute approximate surface area is 135 Å². The van der Waals surface area contributed by atoms with Crippen LogP contribution in [0.2, 0.25) is 0 Å². The minimum absolute atomic E-state index is 0. The van der Waals surface area contributed by atoms with Gasteiger partial charge in [0.2, 0.25) is 0 Å². The third kappa shape index (κ3) is 207. The number of aliphatic carboxylic acids is 1. The van der Waals surface area contributed by atoms with E-state index in [9.17, 15) is 0 Å². The van der Waals surface area contributed by atoms with Gasteiger partial charge in [0.15, 0.2) is 0 Å². The van der Waals surface area contributed by atoms with Crippen LogP contribution in [-0.2, 0) is 9.59 Å². The molecule has 4 nitrogen and oxygen atoms in total. The molecular formula is C3H11CaMgNaO4. The number of rotatable bonds is 0. The summed E-state index contributed by atoms with van der Waals surface area (Å²) in [6.07, 6.45) is 0. The molecule has 0 saturated carbocycles. The Morgan fingerprint density at radius 3 is 1.60 bits per heavy atom. The van der Waals surface area contributed by atoms with Crippen LogP contribution in [0.1, 0.15) is 14.1 Å². The van der Waals surface area contributed by atoms with Crippen molar-refractivity contribution in [3.8, 4) is 0 Å². The van der Waals surface area contributed by atoms with Gasteiger partial charge in [0.25, 0.3) is 12.4 Å². The van der Waals surface area contributed by atoms with E-state index in [1.165, 1.54) is 0 Å². The van der Waals surface area contributed by atoms with E-state index < -0.39 is 5.97 Å². The smallest absolute Gasteiger partial charge is 1.00 e. The van der Waals surface area contributed by atoms with Gasteiger partial charge >= 0.3 is 90.3 Å². The topological polar surface area (TPSA) is 74.6 Å². The summed E-state index contributed by atoms with van der Waals surface area (Å²) >= 11 is 0. The van der Waals surface area contributed by atoms with Gasteiger partial charge in [-0.3, -0.25) is 9.59 Å². The summed E-state index contributed by atoms with van der Waals surface area (Å²) < 4.78 is 0. The van der Waals surface area contributed by atoms with Gasteiger partial charge < -0.3 is 17.3 Å². The largest absolute Gasteiger partial charge is 2.00 e. The summed E-state index contributed by atoms with van der Waals surface area (Å²) in [5.41, 5.74) is 0. The van der Waals surface area contributed by atoms with Gasteiger partial charge in [0, 0.05) is 6.92 Å². The number of carboxylic acids is 1. The van der Waals surface area contributed by atoms with Crippen molar-refractivity contribution in [2.75, 3.05) is 0 Å². The van der Waals surface area contributed by atoms with Crippen molar-refractivity contribution in [1.82, 2.24) is 0 Å². The molecule has 0 aromatic carbocycles. The van der Waals surface area contributed by atoms with Gasteiger partial charge in [0.05, 0.1) is 0 Å². The van der Waals surface area contributed by atoms with Gasteiger partial charge in [-0.15, -0.1) is 0 Å². The molecule has 0 aromatic rings. The zero-order valence-corrected chi connectivity index (χ0v) is 11.8. The van der Waals surface area contributed by atoms with Gasteiger partial charge in [0.1, 0.15) is 0 Å². The Bertz CT molecular complexity index is 81.3. The van der Waals surface area contributed by atoms with Gasteiger partial charge in [-0.2, -0.15) is 0 Å². The molecule has 0 amide bonds. The Balaban J connectivity index is -0.00000000275. The molecule has 0 aromatic heterocycles. The molecule has 0 rings (SSSR count). The Kier molecular flexibility index (Phi) is 90.7. The van der Waals surface area contributed by atoms with Gasteiger partial charge in [-0.25, -0.2) is 0 Å². The SMILES string of the molecule is CC(=O)O.O=CO.[Ca+2].[H-].[H-].[H-].[H-].[H-].[Mg+2].[Na+]. The molecule has 2 N–H and O–H groups in total. The van der Waals surface area contributed by atoms with Crippen molar-refractivity contribution in [3.63, 3.8) is 0 Å². The van der Waals surface area contributed by atoms with Crippen LogP contribution < -0.4 is 29.6 Å². The molecule has 7 heteroatoms. The first-order valence-electron chi connectivity index (χ1n) is 1.42. The fraction of sp³-hybridized carbons (Fsp3) is 0.333. The maximum absolute atomic E-state index is 9.00. The van der Waals surface area contributed by atoms with E-state index in [4.69, 9.17) is 19.8 Å². The summed E-state index contributed by atoms with van der Waals surface area (Å²) in [5.74, 6) is -0.833. The minimum atomic E-state index is -0.833. The monoisotopic (exact) mass is 198 g/mol. The van der Waals surface area contributed by atoms with Gasteiger partial charge in [-0.1, -0.05) is 0 Å².